The summed E-state index contributed by atoms with van der Waals surface area (Å²) < 4.78 is 10.3. The van der Waals surface area contributed by atoms with Crippen LogP contribution in [-0.2, 0) is 25.5 Å². The van der Waals surface area contributed by atoms with Gasteiger partial charge < -0.3 is 9.47 Å². The molecule has 0 saturated heterocycles. The first kappa shape index (κ1) is 18.3. The van der Waals surface area contributed by atoms with Crippen LogP contribution < -0.4 is 0 Å². The van der Waals surface area contributed by atoms with Gasteiger partial charge in [-0.3, -0.25) is 4.79 Å². The van der Waals surface area contributed by atoms with Crippen molar-refractivity contribution in [1.29, 1.82) is 0 Å². The summed E-state index contributed by atoms with van der Waals surface area (Å²) in [6.45, 7) is 1.88. The van der Waals surface area contributed by atoms with E-state index in [0.717, 1.165) is 0 Å². The van der Waals surface area contributed by atoms with Crippen LogP contribution in [0.25, 0.3) is 0 Å². The van der Waals surface area contributed by atoms with Gasteiger partial charge in [-0.2, -0.15) is 0 Å². The molecule has 0 radical (unpaired) electrons. The molecule has 0 saturated carbocycles. The van der Waals surface area contributed by atoms with E-state index in [0.29, 0.717) is 21.2 Å². The molecule has 1 atom stereocenters. The summed E-state index contributed by atoms with van der Waals surface area (Å²) in [7, 11) is 0. The van der Waals surface area contributed by atoms with E-state index in [4.69, 9.17) is 32.7 Å². The van der Waals surface area contributed by atoms with Crippen LogP contribution in [0.15, 0.2) is 48.5 Å². The third kappa shape index (κ3) is 4.73. The SMILES string of the molecule is CCOC(=O)C(OC(=O)Cc1c(Cl)cccc1Cl)c1ccccc1. The summed E-state index contributed by atoms with van der Waals surface area (Å²) in [5, 5.41) is 0.735. The van der Waals surface area contributed by atoms with Gasteiger partial charge in [0.15, 0.2) is 0 Å². The Hall–Kier alpha value is -2.04. The maximum Gasteiger partial charge on any atom is 0.352 e. The van der Waals surface area contributed by atoms with E-state index in [1.54, 1.807) is 55.5 Å². The number of halogens is 2. The minimum absolute atomic E-state index is 0.138. The molecule has 1 unspecified atom stereocenters. The van der Waals surface area contributed by atoms with Crippen molar-refractivity contribution in [2.75, 3.05) is 6.61 Å². The molecule has 126 valence electrons. The van der Waals surface area contributed by atoms with Crippen LogP contribution in [0, 0.1) is 0 Å². The smallest absolute Gasteiger partial charge is 0.352 e. The van der Waals surface area contributed by atoms with Gasteiger partial charge in [0, 0.05) is 21.2 Å². The highest BCUT2D eigenvalue weighted by Gasteiger charge is 2.26. The Balaban J connectivity index is 2.17. The van der Waals surface area contributed by atoms with Crippen LogP contribution in [0.5, 0.6) is 0 Å². The van der Waals surface area contributed by atoms with Crippen LogP contribution in [0.2, 0.25) is 10.0 Å². The highest BCUT2D eigenvalue weighted by molar-refractivity contribution is 6.36. The molecule has 2 rings (SSSR count). The molecule has 24 heavy (non-hydrogen) atoms. The Morgan fingerprint density at radius 1 is 1.00 bits per heavy atom. The number of rotatable bonds is 6. The predicted molar refractivity (Wildman–Crippen MR) is 92.1 cm³/mol. The topological polar surface area (TPSA) is 52.6 Å². The molecule has 0 aliphatic heterocycles. The van der Waals surface area contributed by atoms with Crippen molar-refractivity contribution < 1.29 is 19.1 Å². The van der Waals surface area contributed by atoms with E-state index in [1.807, 2.05) is 0 Å². The van der Waals surface area contributed by atoms with Gasteiger partial charge in [-0.05, 0) is 19.1 Å². The highest BCUT2D eigenvalue weighted by atomic mass is 35.5. The zero-order chi connectivity index (χ0) is 17.5. The van der Waals surface area contributed by atoms with Gasteiger partial charge in [0.2, 0.25) is 6.10 Å². The van der Waals surface area contributed by atoms with Crippen LogP contribution >= 0.6 is 23.2 Å². The number of hydrogen-bond donors (Lipinski definition) is 0. The average Bonchev–Trinajstić information content (AvgIpc) is 2.57. The second-order valence-electron chi connectivity index (χ2n) is 4.91. The quantitative estimate of drug-likeness (QED) is 0.711. The van der Waals surface area contributed by atoms with E-state index in [-0.39, 0.29) is 13.0 Å². The zero-order valence-electron chi connectivity index (χ0n) is 13.0. The molecule has 6 heteroatoms. The zero-order valence-corrected chi connectivity index (χ0v) is 14.5. The lowest BCUT2D eigenvalue weighted by Gasteiger charge is -2.17. The van der Waals surface area contributed by atoms with Gasteiger partial charge in [0.1, 0.15) is 0 Å². The van der Waals surface area contributed by atoms with Crippen LogP contribution in [-0.4, -0.2) is 18.5 Å². The lowest BCUT2D eigenvalue weighted by molar-refractivity contribution is -0.167. The maximum absolute atomic E-state index is 12.3. The van der Waals surface area contributed by atoms with E-state index in [1.165, 1.54) is 0 Å². The molecular formula is C18H16Cl2O4. The van der Waals surface area contributed by atoms with Crippen molar-refractivity contribution in [1.82, 2.24) is 0 Å². The van der Waals surface area contributed by atoms with Crippen LogP contribution in [0.4, 0.5) is 0 Å². The second kappa shape index (κ2) is 8.71. The average molecular weight is 367 g/mol. The van der Waals surface area contributed by atoms with E-state index < -0.39 is 18.0 Å². The number of ether oxygens (including phenoxy) is 2. The Morgan fingerprint density at radius 2 is 1.62 bits per heavy atom. The Bertz CT molecular complexity index is 696. The van der Waals surface area contributed by atoms with Crippen molar-refractivity contribution in [3.05, 3.63) is 69.7 Å². The van der Waals surface area contributed by atoms with Gasteiger partial charge in [0.05, 0.1) is 13.0 Å². The number of carbonyl (C=O) groups excluding carboxylic acids is 2. The summed E-state index contributed by atoms with van der Waals surface area (Å²) in [5.74, 6) is -1.24. The molecule has 0 aliphatic carbocycles. The molecule has 0 amide bonds. The third-order valence-electron chi connectivity index (χ3n) is 3.24. The lowest BCUT2D eigenvalue weighted by atomic mass is 10.1. The van der Waals surface area contributed by atoms with E-state index >= 15 is 0 Å². The van der Waals surface area contributed by atoms with Gasteiger partial charge in [-0.1, -0.05) is 59.6 Å². The number of esters is 2. The molecule has 0 bridgehead atoms. The molecule has 0 spiro atoms. The molecule has 2 aromatic carbocycles. The summed E-state index contributed by atoms with van der Waals surface area (Å²) in [6.07, 6.45) is -1.26. The number of carbonyl (C=O) groups is 2. The Kier molecular flexibility index (Phi) is 6.64. The first-order chi connectivity index (χ1) is 11.5. The summed E-state index contributed by atoms with van der Waals surface area (Å²) in [5.41, 5.74) is 0.996. The molecule has 2 aromatic rings. The molecule has 0 N–H and O–H groups in total. The van der Waals surface area contributed by atoms with Gasteiger partial charge in [-0.15, -0.1) is 0 Å². The molecule has 0 fully saturated rings. The number of benzene rings is 2. The van der Waals surface area contributed by atoms with Gasteiger partial charge in [0.25, 0.3) is 0 Å². The molecule has 4 nitrogen and oxygen atoms in total. The summed E-state index contributed by atoms with van der Waals surface area (Å²) in [6, 6.07) is 13.6. The second-order valence-corrected chi connectivity index (χ2v) is 5.72. The first-order valence-corrected chi connectivity index (χ1v) is 8.12. The summed E-state index contributed by atoms with van der Waals surface area (Å²) >= 11 is 12.1. The van der Waals surface area contributed by atoms with Crippen LogP contribution in [0.3, 0.4) is 0 Å². The fourth-order valence-electron chi connectivity index (χ4n) is 2.12. The lowest BCUT2D eigenvalue weighted by Crippen LogP contribution is -2.23. The maximum atomic E-state index is 12.3. The minimum atomic E-state index is -1.13. The fourth-order valence-corrected chi connectivity index (χ4v) is 2.65. The van der Waals surface area contributed by atoms with Crippen molar-refractivity contribution in [3.8, 4) is 0 Å². The minimum Gasteiger partial charge on any atom is -0.463 e. The number of hydrogen-bond acceptors (Lipinski definition) is 4. The Morgan fingerprint density at radius 3 is 2.21 bits per heavy atom. The van der Waals surface area contributed by atoms with Crippen molar-refractivity contribution >= 4 is 35.1 Å². The molecular weight excluding hydrogens is 351 g/mol. The van der Waals surface area contributed by atoms with Gasteiger partial charge >= 0.3 is 11.9 Å². The predicted octanol–water partition coefficient (Wildman–Crippen LogP) is 4.38. The first-order valence-electron chi connectivity index (χ1n) is 7.37. The summed E-state index contributed by atoms with van der Waals surface area (Å²) in [4.78, 5) is 24.4. The molecule has 0 aliphatic rings. The highest BCUT2D eigenvalue weighted by Crippen LogP contribution is 2.26. The standard InChI is InChI=1S/C18H16Cl2O4/c1-2-23-18(22)17(12-7-4-3-5-8-12)24-16(21)11-13-14(19)9-6-10-15(13)20/h3-10,17H,2,11H2,1H3. The molecule has 0 aromatic heterocycles. The van der Waals surface area contributed by atoms with Crippen molar-refractivity contribution in [2.24, 2.45) is 0 Å². The Labute approximate surface area is 150 Å². The normalized spacial score (nSPS) is 11.6. The molecule has 0 heterocycles. The van der Waals surface area contributed by atoms with Gasteiger partial charge in [-0.25, -0.2) is 4.79 Å². The third-order valence-corrected chi connectivity index (χ3v) is 3.94. The van der Waals surface area contributed by atoms with Crippen molar-refractivity contribution in [3.63, 3.8) is 0 Å². The van der Waals surface area contributed by atoms with Crippen molar-refractivity contribution in [2.45, 2.75) is 19.4 Å². The van der Waals surface area contributed by atoms with E-state index in [2.05, 4.69) is 0 Å². The van der Waals surface area contributed by atoms with E-state index in [9.17, 15) is 9.59 Å². The fraction of sp³-hybridized carbons (Fsp3) is 0.222. The van der Waals surface area contributed by atoms with Crippen LogP contribution in [0.1, 0.15) is 24.2 Å². The monoisotopic (exact) mass is 366 g/mol. The largest absolute Gasteiger partial charge is 0.463 e.